The number of esters is 1. The molecule has 0 aromatic heterocycles. The summed E-state index contributed by atoms with van der Waals surface area (Å²) in [5.74, 6) is 1.14. The lowest BCUT2D eigenvalue weighted by atomic mass is 9.76. The Kier molecular flexibility index (Phi) is 6.49. The van der Waals surface area contributed by atoms with Crippen molar-refractivity contribution in [2.75, 3.05) is 0 Å². The van der Waals surface area contributed by atoms with E-state index in [1.54, 1.807) is 6.92 Å². The maximum Gasteiger partial charge on any atom is 0.333 e. The van der Waals surface area contributed by atoms with Crippen molar-refractivity contribution in [2.45, 2.75) is 58.5 Å². The smallest absolute Gasteiger partial charge is 0.333 e. The molecule has 0 spiro atoms. The fourth-order valence-electron chi connectivity index (χ4n) is 3.92. The van der Waals surface area contributed by atoms with E-state index >= 15 is 0 Å². The van der Waals surface area contributed by atoms with Crippen LogP contribution < -0.4 is 0 Å². The van der Waals surface area contributed by atoms with Gasteiger partial charge in [0.25, 0.3) is 0 Å². The highest BCUT2D eigenvalue weighted by Crippen LogP contribution is 2.37. The zero-order valence-corrected chi connectivity index (χ0v) is 16.5. The predicted molar refractivity (Wildman–Crippen MR) is 111 cm³/mol. The van der Waals surface area contributed by atoms with Crippen molar-refractivity contribution in [3.05, 3.63) is 82.9 Å². The van der Waals surface area contributed by atoms with Crippen molar-refractivity contribution in [1.82, 2.24) is 0 Å². The van der Waals surface area contributed by atoms with Crippen LogP contribution in [0.25, 0.3) is 0 Å². The van der Waals surface area contributed by atoms with Crippen LogP contribution in [0.15, 0.2) is 60.7 Å². The van der Waals surface area contributed by atoms with Crippen molar-refractivity contribution < 1.29 is 9.53 Å². The lowest BCUT2D eigenvalue weighted by Gasteiger charge is -2.29. The molecule has 0 radical (unpaired) electrons. The molecule has 0 N–H and O–H groups in total. The van der Waals surface area contributed by atoms with Crippen LogP contribution in [0.4, 0.5) is 0 Å². The predicted octanol–water partition coefficient (Wildman–Crippen LogP) is 6.13. The zero-order valence-electron chi connectivity index (χ0n) is 16.5. The van der Waals surface area contributed by atoms with Gasteiger partial charge in [-0.2, -0.15) is 0 Å². The van der Waals surface area contributed by atoms with Gasteiger partial charge in [0.15, 0.2) is 0 Å². The maximum absolute atomic E-state index is 11.5. The lowest BCUT2D eigenvalue weighted by Crippen LogP contribution is -2.15. The molecule has 1 aliphatic carbocycles. The molecule has 1 fully saturated rings. The van der Waals surface area contributed by atoms with Gasteiger partial charge in [-0.3, -0.25) is 0 Å². The third-order valence-corrected chi connectivity index (χ3v) is 5.66. The van der Waals surface area contributed by atoms with Gasteiger partial charge in [0.2, 0.25) is 0 Å². The summed E-state index contributed by atoms with van der Waals surface area (Å²) in [6, 6.07) is 17.6. The first-order chi connectivity index (χ1) is 13.0. The van der Waals surface area contributed by atoms with E-state index in [9.17, 15) is 4.79 Å². The lowest BCUT2D eigenvalue weighted by molar-refractivity contribution is -0.140. The summed E-state index contributed by atoms with van der Waals surface area (Å²) < 4.78 is 5.21. The number of benzene rings is 2. The van der Waals surface area contributed by atoms with Gasteiger partial charge in [-0.05, 0) is 74.5 Å². The van der Waals surface area contributed by atoms with Crippen LogP contribution in [0.1, 0.15) is 60.8 Å². The van der Waals surface area contributed by atoms with Gasteiger partial charge in [-0.1, -0.05) is 60.7 Å². The van der Waals surface area contributed by atoms with Gasteiger partial charge in [-0.25, -0.2) is 4.79 Å². The Morgan fingerprint density at radius 2 is 1.56 bits per heavy atom. The number of carbonyl (C=O) groups is 1. The first kappa shape index (κ1) is 19.4. The molecule has 2 aromatic rings. The van der Waals surface area contributed by atoms with Crippen molar-refractivity contribution in [2.24, 2.45) is 5.92 Å². The quantitative estimate of drug-likeness (QED) is 0.456. The number of ether oxygens (including phenoxy) is 1. The van der Waals surface area contributed by atoms with Gasteiger partial charge in [0.1, 0.15) is 6.61 Å². The Morgan fingerprint density at radius 3 is 2.15 bits per heavy atom. The molecule has 0 heterocycles. The number of carbonyl (C=O) groups excluding carboxylic acids is 1. The molecule has 2 heteroatoms. The average molecular weight is 363 g/mol. The van der Waals surface area contributed by atoms with E-state index in [0.29, 0.717) is 18.1 Å². The summed E-state index contributed by atoms with van der Waals surface area (Å²) in [6.45, 7) is 7.73. The molecule has 2 aromatic carbocycles. The second kappa shape index (κ2) is 9.03. The van der Waals surface area contributed by atoms with Gasteiger partial charge in [-0.15, -0.1) is 0 Å². The number of rotatable bonds is 6. The van der Waals surface area contributed by atoms with Gasteiger partial charge in [0.05, 0.1) is 0 Å². The van der Waals surface area contributed by atoms with E-state index < -0.39 is 0 Å². The average Bonchev–Trinajstić information content (AvgIpc) is 2.69. The topological polar surface area (TPSA) is 26.3 Å². The van der Waals surface area contributed by atoms with Crippen LogP contribution in [0, 0.1) is 12.8 Å². The standard InChI is InChI=1S/C25H30O2/c1-18(2)25(26)27-17-22-10-14-24(15-11-22)23-12-8-21(9-13-23)16-20-6-4-19(3)5-7-20/h4-7,10-11,14-15,21,23H,1,8-9,12-13,16-17H2,2-3H3. The largest absolute Gasteiger partial charge is 0.457 e. The van der Waals surface area contributed by atoms with E-state index in [0.717, 1.165) is 11.5 Å². The molecule has 0 bridgehead atoms. The Labute approximate surface area is 163 Å². The maximum atomic E-state index is 11.5. The molecule has 0 aliphatic heterocycles. The fraction of sp³-hybridized carbons (Fsp3) is 0.400. The normalized spacial score (nSPS) is 19.5. The molecule has 142 valence electrons. The molecule has 0 atom stereocenters. The van der Waals surface area contributed by atoms with Gasteiger partial charge < -0.3 is 4.74 Å². The minimum absolute atomic E-state index is 0.315. The summed E-state index contributed by atoms with van der Waals surface area (Å²) in [7, 11) is 0. The van der Waals surface area contributed by atoms with E-state index in [-0.39, 0.29) is 5.97 Å². The third-order valence-electron chi connectivity index (χ3n) is 5.66. The molecule has 0 amide bonds. The van der Waals surface area contributed by atoms with E-state index in [1.807, 2.05) is 0 Å². The van der Waals surface area contributed by atoms with Crippen molar-refractivity contribution >= 4 is 5.97 Å². The molecule has 1 aliphatic rings. The second-order valence-electron chi connectivity index (χ2n) is 8.01. The van der Waals surface area contributed by atoms with Gasteiger partial charge >= 0.3 is 5.97 Å². The van der Waals surface area contributed by atoms with Crippen LogP contribution >= 0.6 is 0 Å². The Hall–Kier alpha value is -2.35. The minimum Gasteiger partial charge on any atom is -0.457 e. The zero-order chi connectivity index (χ0) is 19.2. The molecule has 0 unspecified atom stereocenters. The Bertz CT molecular complexity index is 763. The van der Waals surface area contributed by atoms with Crippen molar-refractivity contribution in [3.63, 3.8) is 0 Å². The van der Waals surface area contributed by atoms with Crippen molar-refractivity contribution in [1.29, 1.82) is 0 Å². The fourth-order valence-corrected chi connectivity index (χ4v) is 3.92. The number of hydrogen-bond donors (Lipinski definition) is 0. The molecule has 1 saturated carbocycles. The van der Waals surface area contributed by atoms with Crippen LogP contribution in [-0.4, -0.2) is 5.97 Å². The highest BCUT2D eigenvalue weighted by molar-refractivity contribution is 5.86. The van der Waals surface area contributed by atoms with Crippen LogP contribution in [-0.2, 0) is 22.6 Å². The number of hydrogen-bond acceptors (Lipinski definition) is 2. The van der Waals surface area contributed by atoms with Crippen LogP contribution in [0.3, 0.4) is 0 Å². The van der Waals surface area contributed by atoms with Crippen LogP contribution in [0.5, 0.6) is 0 Å². The summed E-state index contributed by atoms with van der Waals surface area (Å²) in [4.78, 5) is 11.5. The third kappa shape index (κ3) is 5.56. The molecular formula is C25H30O2. The van der Waals surface area contributed by atoms with E-state index in [4.69, 9.17) is 4.74 Å². The van der Waals surface area contributed by atoms with Crippen LogP contribution in [0.2, 0.25) is 0 Å². The SMILES string of the molecule is C=C(C)C(=O)OCc1ccc(C2CCC(Cc3ccc(C)cc3)CC2)cc1. The highest BCUT2D eigenvalue weighted by Gasteiger charge is 2.22. The highest BCUT2D eigenvalue weighted by atomic mass is 16.5. The van der Waals surface area contributed by atoms with E-state index in [1.165, 1.54) is 48.8 Å². The van der Waals surface area contributed by atoms with Crippen molar-refractivity contribution in [3.8, 4) is 0 Å². The Morgan fingerprint density at radius 1 is 0.963 bits per heavy atom. The summed E-state index contributed by atoms with van der Waals surface area (Å²) in [5, 5.41) is 0. The monoisotopic (exact) mass is 362 g/mol. The number of aryl methyl sites for hydroxylation is 1. The summed E-state index contributed by atoms with van der Waals surface area (Å²) in [6.07, 6.45) is 6.34. The molecule has 2 nitrogen and oxygen atoms in total. The molecule has 27 heavy (non-hydrogen) atoms. The molecular weight excluding hydrogens is 332 g/mol. The van der Waals surface area contributed by atoms with E-state index in [2.05, 4.69) is 62.0 Å². The van der Waals surface area contributed by atoms with Gasteiger partial charge in [0, 0.05) is 5.57 Å². The Balaban J connectivity index is 1.48. The summed E-state index contributed by atoms with van der Waals surface area (Å²) in [5.41, 5.74) is 5.69. The molecule has 0 saturated heterocycles. The minimum atomic E-state index is -0.328. The first-order valence-electron chi connectivity index (χ1n) is 9.98. The summed E-state index contributed by atoms with van der Waals surface area (Å²) >= 11 is 0. The first-order valence-corrected chi connectivity index (χ1v) is 9.98. The molecule has 3 rings (SSSR count). The second-order valence-corrected chi connectivity index (χ2v) is 8.01.